The minimum absolute atomic E-state index is 0.0436. The molecular weight excluding hydrogens is 376 g/mol. The zero-order valence-electron chi connectivity index (χ0n) is 16.8. The molecule has 0 bridgehead atoms. The molecule has 1 aromatic heterocycles. The SMILES string of the molecule is Cc1oc(-c2cc(F)ccc2F)nc1CN1CCCC[C@@H]1CCN1CCCC1=O. The summed E-state index contributed by atoms with van der Waals surface area (Å²) in [6, 6.07) is 3.67. The van der Waals surface area contributed by atoms with Gasteiger partial charge in [-0.05, 0) is 57.4 Å². The molecule has 156 valence electrons. The minimum Gasteiger partial charge on any atom is -0.441 e. The molecule has 2 aliphatic rings. The second kappa shape index (κ2) is 8.61. The van der Waals surface area contributed by atoms with Crippen molar-refractivity contribution < 1.29 is 18.0 Å². The standard InChI is InChI=1S/C22H27F2N3O2/c1-15-20(25-22(29-15)18-13-16(23)7-8-19(18)24)14-27-10-3-2-5-17(27)9-12-26-11-4-6-21(26)28/h7-8,13,17H,2-6,9-12,14H2,1H3/t17-/m1/s1. The molecule has 2 saturated heterocycles. The number of carbonyl (C=O) groups is 1. The number of amides is 1. The second-order valence-corrected chi connectivity index (χ2v) is 8.04. The van der Waals surface area contributed by atoms with Gasteiger partial charge in [0, 0.05) is 32.1 Å². The van der Waals surface area contributed by atoms with Gasteiger partial charge in [0.15, 0.2) is 0 Å². The predicted octanol–water partition coefficient (Wildman–Crippen LogP) is 4.30. The lowest BCUT2D eigenvalue weighted by Crippen LogP contribution is -2.41. The van der Waals surface area contributed by atoms with Crippen LogP contribution in [0.15, 0.2) is 22.6 Å². The topological polar surface area (TPSA) is 49.6 Å². The Morgan fingerprint density at radius 3 is 2.86 bits per heavy atom. The summed E-state index contributed by atoms with van der Waals surface area (Å²) in [5, 5.41) is 0. The van der Waals surface area contributed by atoms with Crippen LogP contribution in [-0.4, -0.2) is 46.4 Å². The molecule has 29 heavy (non-hydrogen) atoms. The highest BCUT2D eigenvalue weighted by Gasteiger charge is 2.27. The molecule has 5 nitrogen and oxygen atoms in total. The first-order valence-electron chi connectivity index (χ1n) is 10.4. The Kier molecular flexibility index (Phi) is 5.94. The molecule has 7 heteroatoms. The molecule has 2 fully saturated rings. The number of piperidine rings is 1. The fraction of sp³-hybridized carbons (Fsp3) is 0.545. The van der Waals surface area contributed by atoms with E-state index in [9.17, 15) is 13.6 Å². The zero-order valence-corrected chi connectivity index (χ0v) is 16.8. The Bertz CT molecular complexity index is 883. The highest BCUT2D eigenvalue weighted by atomic mass is 19.1. The van der Waals surface area contributed by atoms with E-state index in [1.165, 1.54) is 6.42 Å². The van der Waals surface area contributed by atoms with Crippen LogP contribution in [0, 0.1) is 18.6 Å². The number of likely N-dealkylation sites (tertiary alicyclic amines) is 2. The van der Waals surface area contributed by atoms with Crippen LogP contribution < -0.4 is 0 Å². The van der Waals surface area contributed by atoms with Gasteiger partial charge in [-0.1, -0.05) is 6.42 Å². The highest BCUT2D eigenvalue weighted by Crippen LogP contribution is 2.28. The van der Waals surface area contributed by atoms with E-state index in [4.69, 9.17) is 4.42 Å². The quantitative estimate of drug-likeness (QED) is 0.722. The number of oxazole rings is 1. The summed E-state index contributed by atoms with van der Waals surface area (Å²) in [6.07, 6.45) is 6.00. The molecule has 2 aromatic rings. The van der Waals surface area contributed by atoms with E-state index in [0.29, 0.717) is 24.8 Å². The molecule has 0 saturated carbocycles. The van der Waals surface area contributed by atoms with Crippen LogP contribution in [0.4, 0.5) is 8.78 Å². The summed E-state index contributed by atoms with van der Waals surface area (Å²) in [5.74, 6) is -0.0634. The van der Waals surface area contributed by atoms with Gasteiger partial charge >= 0.3 is 0 Å². The Balaban J connectivity index is 1.46. The molecule has 0 aliphatic carbocycles. The average Bonchev–Trinajstić information content (AvgIpc) is 3.28. The van der Waals surface area contributed by atoms with E-state index < -0.39 is 11.6 Å². The lowest BCUT2D eigenvalue weighted by molar-refractivity contribution is -0.127. The number of rotatable bonds is 6. The third-order valence-corrected chi connectivity index (χ3v) is 6.06. The van der Waals surface area contributed by atoms with Crippen LogP contribution in [0.1, 0.15) is 50.0 Å². The van der Waals surface area contributed by atoms with Gasteiger partial charge in [0.2, 0.25) is 11.8 Å². The molecule has 0 radical (unpaired) electrons. The van der Waals surface area contributed by atoms with Crippen LogP contribution in [0.3, 0.4) is 0 Å². The molecule has 0 unspecified atom stereocenters. The van der Waals surface area contributed by atoms with Crippen molar-refractivity contribution in [2.75, 3.05) is 19.6 Å². The summed E-state index contributed by atoms with van der Waals surface area (Å²) < 4.78 is 33.3. The molecular formula is C22H27F2N3O2. The molecule has 0 spiro atoms. The van der Waals surface area contributed by atoms with Crippen LogP contribution >= 0.6 is 0 Å². The van der Waals surface area contributed by atoms with Crippen molar-refractivity contribution >= 4 is 5.91 Å². The predicted molar refractivity (Wildman–Crippen MR) is 105 cm³/mol. The summed E-state index contributed by atoms with van der Waals surface area (Å²) >= 11 is 0. The first-order valence-corrected chi connectivity index (χ1v) is 10.4. The van der Waals surface area contributed by atoms with Crippen molar-refractivity contribution in [3.05, 3.63) is 41.3 Å². The Hall–Kier alpha value is -2.28. The van der Waals surface area contributed by atoms with E-state index in [-0.39, 0.29) is 17.4 Å². The number of aromatic nitrogens is 1. The summed E-state index contributed by atoms with van der Waals surface area (Å²) in [5.41, 5.74) is 0.801. The van der Waals surface area contributed by atoms with Gasteiger partial charge in [-0.2, -0.15) is 0 Å². The number of halogens is 2. The molecule has 1 atom stereocenters. The van der Waals surface area contributed by atoms with Crippen molar-refractivity contribution in [3.63, 3.8) is 0 Å². The second-order valence-electron chi connectivity index (χ2n) is 8.04. The van der Waals surface area contributed by atoms with Gasteiger partial charge in [-0.15, -0.1) is 0 Å². The summed E-state index contributed by atoms with van der Waals surface area (Å²) in [6.45, 7) is 5.07. The number of benzene rings is 1. The fourth-order valence-electron chi connectivity index (χ4n) is 4.38. The molecule has 2 aliphatic heterocycles. The molecule has 0 N–H and O–H groups in total. The minimum atomic E-state index is -0.551. The molecule has 1 amide bonds. The average molecular weight is 403 g/mol. The number of nitrogens with zero attached hydrogens (tertiary/aromatic N) is 3. The zero-order chi connectivity index (χ0) is 20.4. The smallest absolute Gasteiger partial charge is 0.229 e. The number of carbonyl (C=O) groups excluding carboxylic acids is 1. The van der Waals surface area contributed by atoms with Crippen LogP contribution in [-0.2, 0) is 11.3 Å². The van der Waals surface area contributed by atoms with Gasteiger partial charge in [0.1, 0.15) is 17.4 Å². The van der Waals surface area contributed by atoms with E-state index in [2.05, 4.69) is 9.88 Å². The van der Waals surface area contributed by atoms with Gasteiger partial charge < -0.3 is 9.32 Å². The fourth-order valence-corrected chi connectivity index (χ4v) is 4.38. The Morgan fingerprint density at radius 1 is 1.21 bits per heavy atom. The largest absolute Gasteiger partial charge is 0.441 e. The van der Waals surface area contributed by atoms with Crippen molar-refractivity contribution in [1.82, 2.24) is 14.8 Å². The maximum Gasteiger partial charge on any atom is 0.229 e. The van der Waals surface area contributed by atoms with Crippen molar-refractivity contribution in [2.24, 2.45) is 0 Å². The van der Waals surface area contributed by atoms with Crippen molar-refractivity contribution in [1.29, 1.82) is 0 Å². The van der Waals surface area contributed by atoms with Gasteiger partial charge in [-0.3, -0.25) is 9.69 Å². The highest BCUT2D eigenvalue weighted by molar-refractivity contribution is 5.78. The Labute approximate surface area is 169 Å². The van der Waals surface area contributed by atoms with E-state index >= 15 is 0 Å². The van der Waals surface area contributed by atoms with Gasteiger partial charge in [-0.25, -0.2) is 13.8 Å². The Morgan fingerprint density at radius 2 is 2.07 bits per heavy atom. The number of hydrogen-bond acceptors (Lipinski definition) is 4. The van der Waals surface area contributed by atoms with Gasteiger partial charge in [0.05, 0.1) is 11.3 Å². The molecule has 4 rings (SSSR count). The third-order valence-electron chi connectivity index (χ3n) is 6.06. The van der Waals surface area contributed by atoms with Crippen LogP contribution in [0.25, 0.3) is 11.5 Å². The maximum atomic E-state index is 14.1. The third kappa shape index (κ3) is 4.50. The molecule has 3 heterocycles. The maximum absolute atomic E-state index is 14.1. The van der Waals surface area contributed by atoms with Crippen LogP contribution in [0.2, 0.25) is 0 Å². The first-order chi connectivity index (χ1) is 14.0. The molecule has 1 aromatic carbocycles. The van der Waals surface area contributed by atoms with Crippen molar-refractivity contribution in [2.45, 2.75) is 58.0 Å². The monoisotopic (exact) mass is 403 g/mol. The first kappa shape index (κ1) is 20.0. The number of hydrogen-bond donors (Lipinski definition) is 0. The number of aryl methyl sites for hydroxylation is 1. The van der Waals surface area contributed by atoms with E-state index in [1.54, 1.807) is 0 Å². The van der Waals surface area contributed by atoms with Crippen molar-refractivity contribution in [3.8, 4) is 11.5 Å². The summed E-state index contributed by atoms with van der Waals surface area (Å²) in [4.78, 5) is 20.7. The van der Waals surface area contributed by atoms with Crippen LogP contribution in [0.5, 0.6) is 0 Å². The normalized spacial score (nSPS) is 20.6. The van der Waals surface area contributed by atoms with Gasteiger partial charge in [0.25, 0.3) is 0 Å². The van der Waals surface area contributed by atoms with E-state index in [1.807, 2.05) is 11.8 Å². The van der Waals surface area contributed by atoms with E-state index in [0.717, 1.165) is 69.2 Å². The lowest BCUT2D eigenvalue weighted by atomic mass is 9.98. The lowest BCUT2D eigenvalue weighted by Gasteiger charge is -2.36. The summed E-state index contributed by atoms with van der Waals surface area (Å²) in [7, 11) is 0.